The lowest BCUT2D eigenvalue weighted by Gasteiger charge is -2.35. The molecule has 29 heavy (non-hydrogen) atoms. The van der Waals surface area contributed by atoms with E-state index in [1.54, 1.807) is 85.8 Å². The van der Waals surface area contributed by atoms with E-state index in [4.69, 9.17) is 0 Å². The molecule has 3 aromatic carbocycles. The van der Waals surface area contributed by atoms with E-state index in [1.165, 1.54) is 6.07 Å². The first-order chi connectivity index (χ1) is 13.9. The lowest BCUT2D eigenvalue weighted by molar-refractivity contribution is -0.124. The van der Waals surface area contributed by atoms with Gasteiger partial charge in [0.1, 0.15) is 0 Å². The Morgan fingerprint density at radius 1 is 0.759 bits per heavy atom. The topological polar surface area (TPSA) is 83.6 Å². The molecule has 146 valence electrons. The molecule has 1 heterocycles. The number of aryl methyl sites for hydroxylation is 1. The Morgan fingerprint density at radius 2 is 1.24 bits per heavy atom. The number of rotatable bonds is 4. The molecule has 1 saturated heterocycles. The summed E-state index contributed by atoms with van der Waals surface area (Å²) in [5.74, 6) is -0.711. The molecule has 1 aliphatic heterocycles. The van der Waals surface area contributed by atoms with E-state index >= 15 is 0 Å². The van der Waals surface area contributed by atoms with Gasteiger partial charge in [0.25, 0.3) is 15.9 Å². The van der Waals surface area contributed by atoms with E-state index < -0.39 is 27.5 Å². The van der Waals surface area contributed by atoms with Crippen molar-refractivity contribution in [2.45, 2.75) is 17.4 Å². The van der Waals surface area contributed by atoms with Gasteiger partial charge in [0.2, 0.25) is 0 Å². The zero-order valence-electron chi connectivity index (χ0n) is 15.6. The summed E-state index contributed by atoms with van der Waals surface area (Å²) in [6.45, 7) is 1.65. The number of imide groups is 1. The molecule has 0 unspecified atom stereocenters. The molecular weight excluding hydrogens is 388 g/mol. The summed E-state index contributed by atoms with van der Waals surface area (Å²) in [6.07, 6.45) is 0. The van der Waals surface area contributed by atoms with Gasteiger partial charge in [-0.15, -0.1) is 0 Å². The molecular formula is C22H18N2O4S. The van der Waals surface area contributed by atoms with Crippen LogP contribution in [-0.2, 0) is 20.4 Å². The van der Waals surface area contributed by atoms with Crippen molar-refractivity contribution in [1.29, 1.82) is 0 Å². The maximum atomic E-state index is 13.7. The van der Waals surface area contributed by atoms with Gasteiger partial charge < -0.3 is 0 Å². The molecule has 0 atom stereocenters. The lowest BCUT2D eigenvalue weighted by atomic mass is 9.83. The number of hydrogen-bond donors (Lipinski definition) is 1. The molecule has 1 fully saturated rings. The first-order valence-corrected chi connectivity index (χ1v) is 10.4. The Balaban J connectivity index is 2.07. The van der Waals surface area contributed by atoms with Crippen LogP contribution in [0.4, 0.5) is 4.79 Å². The fourth-order valence-electron chi connectivity index (χ4n) is 3.74. The zero-order chi connectivity index (χ0) is 20.6. The van der Waals surface area contributed by atoms with Crippen molar-refractivity contribution in [1.82, 2.24) is 9.62 Å². The van der Waals surface area contributed by atoms with Crippen molar-refractivity contribution in [3.63, 3.8) is 0 Å². The molecule has 0 aromatic heterocycles. The largest absolute Gasteiger partial charge is 0.339 e. The first kappa shape index (κ1) is 18.9. The zero-order valence-corrected chi connectivity index (χ0v) is 16.4. The van der Waals surface area contributed by atoms with Crippen LogP contribution in [0.25, 0.3) is 0 Å². The van der Waals surface area contributed by atoms with Crippen LogP contribution in [0.3, 0.4) is 0 Å². The average molecular weight is 406 g/mol. The number of nitrogens with zero attached hydrogens (tertiary/aromatic N) is 1. The van der Waals surface area contributed by atoms with Crippen LogP contribution in [0, 0.1) is 6.92 Å². The van der Waals surface area contributed by atoms with Crippen LogP contribution < -0.4 is 5.32 Å². The SMILES string of the molecule is Cc1ccccc1S(=O)(=O)N1C(=O)NC(=O)C1(c1ccccc1)c1ccccc1. The van der Waals surface area contributed by atoms with Crippen molar-refractivity contribution in [3.8, 4) is 0 Å². The van der Waals surface area contributed by atoms with E-state index in [0.29, 0.717) is 21.0 Å². The van der Waals surface area contributed by atoms with Gasteiger partial charge in [-0.3, -0.25) is 10.1 Å². The quantitative estimate of drug-likeness (QED) is 0.675. The highest BCUT2D eigenvalue weighted by Crippen LogP contribution is 2.43. The highest BCUT2D eigenvalue weighted by atomic mass is 32.2. The second kappa shape index (κ2) is 6.86. The fraction of sp³-hybridized carbons (Fsp3) is 0.0909. The molecule has 0 radical (unpaired) electrons. The predicted molar refractivity (Wildman–Crippen MR) is 107 cm³/mol. The van der Waals surface area contributed by atoms with Crippen molar-refractivity contribution in [3.05, 3.63) is 102 Å². The minimum Gasteiger partial charge on any atom is -0.274 e. The van der Waals surface area contributed by atoms with Gasteiger partial charge in [-0.1, -0.05) is 78.9 Å². The molecule has 1 aliphatic rings. The molecule has 0 spiro atoms. The number of amides is 3. The van der Waals surface area contributed by atoms with Gasteiger partial charge in [0, 0.05) is 0 Å². The van der Waals surface area contributed by atoms with E-state index in [1.807, 2.05) is 0 Å². The van der Waals surface area contributed by atoms with E-state index in [9.17, 15) is 18.0 Å². The summed E-state index contributed by atoms with van der Waals surface area (Å²) < 4.78 is 28.0. The Morgan fingerprint density at radius 3 is 1.76 bits per heavy atom. The van der Waals surface area contributed by atoms with Gasteiger partial charge in [0.05, 0.1) is 4.90 Å². The van der Waals surface area contributed by atoms with Gasteiger partial charge >= 0.3 is 6.03 Å². The van der Waals surface area contributed by atoms with Gasteiger partial charge in [0.15, 0.2) is 5.54 Å². The maximum absolute atomic E-state index is 13.7. The third-order valence-corrected chi connectivity index (χ3v) is 6.97. The molecule has 7 heteroatoms. The van der Waals surface area contributed by atoms with Crippen molar-refractivity contribution >= 4 is 22.0 Å². The molecule has 0 aliphatic carbocycles. The minimum atomic E-state index is -4.35. The van der Waals surface area contributed by atoms with E-state index in [0.717, 1.165) is 0 Å². The molecule has 0 bridgehead atoms. The number of nitrogens with one attached hydrogen (secondary N) is 1. The van der Waals surface area contributed by atoms with Crippen LogP contribution in [-0.4, -0.2) is 24.7 Å². The number of benzene rings is 3. The van der Waals surface area contributed by atoms with Crippen LogP contribution in [0.1, 0.15) is 16.7 Å². The fourth-order valence-corrected chi connectivity index (χ4v) is 5.58. The van der Waals surface area contributed by atoms with Gasteiger partial charge in [-0.2, -0.15) is 4.31 Å². The van der Waals surface area contributed by atoms with Crippen molar-refractivity contribution in [2.24, 2.45) is 0 Å². The van der Waals surface area contributed by atoms with Crippen LogP contribution in [0.15, 0.2) is 89.8 Å². The van der Waals surface area contributed by atoms with Crippen LogP contribution >= 0.6 is 0 Å². The standard InChI is InChI=1S/C22H18N2O4S/c1-16-10-8-9-15-19(16)29(27,28)24-21(26)23-20(25)22(24,17-11-4-2-5-12-17)18-13-6-3-7-14-18/h2-15H,1H3,(H,23,25,26). The Bertz CT molecular complexity index is 1150. The van der Waals surface area contributed by atoms with Gasteiger partial charge in [-0.25, -0.2) is 13.2 Å². The molecule has 3 aromatic rings. The molecule has 4 rings (SSSR count). The Labute approximate surface area is 168 Å². The number of urea groups is 1. The smallest absolute Gasteiger partial charge is 0.274 e. The summed E-state index contributed by atoms with van der Waals surface area (Å²) in [5.41, 5.74) is -0.603. The lowest BCUT2D eigenvalue weighted by Crippen LogP contribution is -2.50. The monoisotopic (exact) mass is 406 g/mol. The van der Waals surface area contributed by atoms with Crippen LogP contribution in [0.5, 0.6) is 0 Å². The summed E-state index contributed by atoms with van der Waals surface area (Å²) >= 11 is 0. The first-order valence-electron chi connectivity index (χ1n) is 8.97. The predicted octanol–water partition coefficient (Wildman–Crippen LogP) is 3.18. The molecule has 1 N–H and O–H groups in total. The molecule has 0 saturated carbocycles. The van der Waals surface area contributed by atoms with Crippen LogP contribution in [0.2, 0.25) is 0 Å². The Hall–Kier alpha value is -3.45. The maximum Gasteiger partial charge on any atom is 0.339 e. The van der Waals surface area contributed by atoms with Gasteiger partial charge in [-0.05, 0) is 29.7 Å². The van der Waals surface area contributed by atoms with E-state index in [-0.39, 0.29) is 4.90 Å². The summed E-state index contributed by atoms with van der Waals surface area (Å²) in [6, 6.07) is 22.3. The van der Waals surface area contributed by atoms with Crippen molar-refractivity contribution < 1.29 is 18.0 Å². The highest BCUT2D eigenvalue weighted by Gasteiger charge is 2.60. The number of hydrogen-bond acceptors (Lipinski definition) is 4. The van der Waals surface area contributed by atoms with Crippen molar-refractivity contribution in [2.75, 3.05) is 0 Å². The summed E-state index contributed by atoms with van der Waals surface area (Å²) in [5, 5.41) is 2.22. The number of sulfonamides is 1. The average Bonchev–Trinajstić information content (AvgIpc) is 3.01. The third kappa shape index (κ3) is 2.74. The second-order valence-corrected chi connectivity index (χ2v) is 8.49. The highest BCUT2D eigenvalue weighted by molar-refractivity contribution is 7.89. The summed E-state index contributed by atoms with van der Waals surface area (Å²) in [7, 11) is -4.35. The minimum absolute atomic E-state index is 0.0268. The Kier molecular flexibility index (Phi) is 4.47. The summed E-state index contributed by atoms with van der Waals surface area (Å²) in [4.78, 5) is 26.1. The molecule has 3 amide bonds. The second-order valence-electron chi connectivity index (χ2n) is 6.74. The third-order valence-electron chi connectivity index (χ3n) is 5.03. The number of carbonyl (C=O) groups is 2. The molecule has 6 nitrogen and oxygen atoms in total. The number of carbonyl (C=O) groups excluding carboxylic acids is 2. The normalized spacial score (nSPS) is 16.0. The van der Waals surface area contributed by atoms with E-state index in [2.05, 4.69) is 5.32 Å².